The summed E-state index contributed by atoms with van der Waals surface area (Å²) >= 11 is 18.5. The van der Waals surface area contributed by atoms with Gasteiger partial charge in [0.05, 0.1) is 6.42 Å². The number of benzene rings is 2. The van der Waals surface area contributed by atoms with Crippen LogP contribution in [0.1, 0.15) is 45.2 Å². The molecule has 0 spiro atoms. The van der Waals surface area contributed by atoms with Crippen molar-refractivity contribution in [3.63, 3.8) is 0 Å². The van der Waals surface area contributed by atoms with Crippen LogP contribution in [0, 0.1) is 0 Å². The van der Waals surface area contributed by atoms with Crippen LogP contribution < -0.4 is 5.32 Å². The predicted molar refractivity (Wildman–Crippen MR) is 124 cm³/mol. The number of rotatable bonds is 7. The summed E-state index contributed by atoms with van der Waals surface area (Å²) in [6.45, 7) is 7.89. The van der Waals surface area contributed by atoms with E-state index in [2.05, 4.69) is 5.32 Å². The summed E-state index contributed by atoms with van der Waals surface area (Å²) in [5.41, 5.74) is 1.02. The standard InChI is InChI=1S/C23H27Cl3N2O2/c1-5-20(22(30)27-23(2,3)4)28(14-15-9-11-16(24)12-10-15)21(29)13-17-18(25)7-6-8-19(17)26/h6-12,20H,5,13-14H2,1-4H3,(H,27,30). The largest absolute Gasteiger partial charge is 0.350 e. The molecule has 0 saturated carbocycles. The Morgan fingerprint density at radius 3 is 2.07 bits per heavy atom. The number of carbonyl (C=O) groups excluding carboxylic acids is 2. The van der Waals surface area contributed by atoms with Gasteiger partial charge in [-0.15, -0.1) is 0 Å². The predicted octanol–water partition coefficient (Wildman–Crippen LogP) is 5.91. The number of carbonyl (C=O) groups is 2. The molecule has 0 fully saturated rings. The van der Waals surface area contributed by atoms with Crippen molar-refractivity contribution in [2.24, 2.45) is 0 Å². The number of amides is 2. The lowest BCUT2D eigenvalue weighted by Crippen LogP contribution is -2.53. The molecule has 4 nitrogen and oxygen atoms in total. The lowest BCUT2D eigenvalue weighted by Gasteiger charge is -2.33. The highest BCUT2D eigenvalue weighted by molar-refractivity contribution is 6.36. The fourth-order valence-corrected chi connectivity index (χ4v) is 3.77. The summed E-state index contributed by atoms with van der Waals surface area (Å²) in [7, 11) is 0. The fraction of sp³-hybridized carbons (Fsp3) is 0.391. The van der Waals surface area contributed by atoms with Gasteiger partial charge in [0.25, 0.3) is 0 Å². The van der Waals surface area contributed by atoms with Gasteiger partial charge in [-0.25, -0.2) is 0 Å². The Labute approximate surface area is 193 Å². The van der Waals surface area contributed by atoms with Crippen LogP contribution in [-0.2, 0) is 22.6 Å². The molecule has 2 rings (SSSR count). The summed E-state index contributed by atoms with van der Waals surface area (Å²) in [4.78, 5) is 27.9. The van der Waals surface area contributed by atoms with E-state index in [1.807, 2.05) is 39.8 Å². The molecule has 30 heavy (non-hydrogen) atoms. The zero-order valence-electron chi connectivity index (χ0n) is 17.6. The summed E-state index contributed by atoms with van der Waals surface area (Å²) < 4.78 is 0. The van der Waals surface area contributed by atoms with Gasteiger partial charge in [0.2, 0.25) is 11.8 Å². The van der Waals surface area contributed by atoms with E-state index in [-0.39, 0.29) is 24.8 Å². The van der Waals surface area contributed by atoms with Gasteiger partial charge in [-0.1, -0.05) is 59.9 Å². The van der Waals surface area contributed by atoms with Gasteiger partial charge >= 0.3 is 0 Å². The second-order valence-corrected chi connectivity index (χ2v) is 9.44. The fourth-order valence-electron chi connectivity index (χ4n) is 3.11. The van der Waals surface area contributed by atoms with Crippen LogP contribution in [0.15, 0.2) is 42.5 Å². The maximum atomic E-state index is 13.4. The molecule has 2 amide bonds. The first-order valence-corrected chi connectivity index (χ1v) is 10.9. The highest BCUT2D eigenvalue weighted by Gasteiger charge is 2.31. The van der Waals surface area contributed by atoms with Crippen LogP contribution in [0.2, 0.25) is 15.1 Å². The SMILES string of the molecule is CCC(C(=O)NC(C)(C)C)N(Cc1ccc(Cl)cc1)C(=O)Cc1c(Cl)cccc1Cl. The summed E-state index contributed by atoms with van der Waals surface area (Å²) in [5.74, 6) is -0.423. The average molecular weight is 470 g/mol. The highest BCUT2D eigenvalue weighted by atomic mass is 35.5. The Morgan fingerprint density at radius 1 is 1.00 bits per heavy atom. The first-order valence-electron chi connectivity index (χ1n) is 9.80. The van der Waals surface area contributed by atoms with Gasteiger partial charge in [-0.3, -0.25) is 9.59 Å². The summed E-state index contributed by atoms with van der Waals surface area (Å²) in [6.07, 6.45) is 0.475. The second-order valence-electron chi connectivity index (χ2n) is 8.19. The molecule has 1 atom stereocenters. The third-order valence-corrected chi connectivity index (χ3v) is 5.50. The van der Waals surface area contributed by atoms with E-state index in [1.165, 1.54) is 0 Å². The first-order chi connectivity index (χ1) is 14.0. The molecule has 2 aromatic carbocycles. The Morgan fingerprint density at radius 2 is 1.57 bits per heavy atom. The summed E-state index contributed by atoms with van der Waals surface area (Å²) in [6, 6.07) is 11.7. The van der Waals surface area contributed by atoms with E-state index in [0.717, 1.165) is 5.56 Å². The van der Waals surface area contributed by atoms with Crippen molar-refractivity contribution in [1.82, 2.24) is 10.2 Å². The molecule has 0 heterocycles. The van der Waals surface area contributed by atoms with Crippen LogP contribution in [0.5, 0.6) is 0 Å². The zero-order valence-corrected chi connectivity index (χ0v) is 19.9. The van der Waals surface area contributed by atoms with Gasteiger partial charge in [-0.05, 0) is 62.6 Å². The molecule has 1 unspecified atom stereocenters. The first kappa shape index (κ1) is 24.5. The van der Waals surface area contributed by atoms with Crippen molar-refractivity contribution in [3.05, 3.63) is 68.7 Å². The van der Waals surface area contributed by atoms with Gasteiger partial charge in [0, 0.05) is 27.2 Å². The molecule has 0 saturated heterocycles. The van der Waals surface area contributed by atoms with E-state index in [4.69, 9.17) is 34.8 Å². The van der Waals surface area contributed by atoms with Gasteiger partial charge < -0.3 is 10.2 Å². The molecule has 0 aliphatic heterocycles. The number of hydrogen-bond donors (Lipinski definition) is 1. The Balaban J connectivity index is 2.36. The monoisotopic (exact) mass is 468 g/mol. The lowest BCUT2D eigenvalue weighted by atomic mass is 10.0. The quantitative estimate of drug-likeness (QED) is 0.548. The molecule has 1 N–H and O–H groups in total. The lowest BCUT2D eigenvalue weighted by molar-refractivity contribution is -0.141. The average Bonchev–Trinajstić information content (AvgIpc) is 2.64. The van der Waals surface area contributed by atoms with E-state index >= 15 is 0 Å². The maximum Gasteiger partial charge on any atom is 0.243 e. The highest BCUT2D eigenvalue weighted by Crippen LogP contribution is 2.26. The smallest absolute Gasteiger partial charge is 0.243 e. The molecule has 0 aromatic heterocycles. The van der Waals surface area contributed by atoms with E-state index in [1.54, 1.807) is 35.2 Å². The van der Waals surface area contributed by atoms with Crippen molar-refractivity contribution in [3.8, 4) is 0 Å². The van der Waals surface area contributed by atoms with E-state index in [0.29, 0.717) is 27.1 Å². The van der Waals surface area contributed by atoms with Crippen LogP contribution in [-0.4, -0.2) is 28.3 Å². The Kier molecular flexibility index (Phi) is 8.60. The Bertz CT molecular complexity index is 872. The molecule has 0 aliphatic carbocycles. The normalized spacial score (nSPS) is 12.4. The molecular formula is C23H27Cl3N2O2. The van der Waals surface area contributed by atoms with Crippen molar-refractivity contribution in [2.75, 3.05) is 0 Å². The molecule has 0 radical (unpaired) electrons. The number of nitrogens with one attached hydrogen (secondary N) is 1. The maximum absolute atomic E-state index is 13.4. The minimum atomic E-state index is -0.631. The van der Waals surface area contributed by atoms with Crippen molar-refractivity contribution >= 4 is 46.6 Å². The van der Waals surface area contributed by atoms with Crippen LogP contribution in [0.3, 0.4) is 0 Å². The molecule has 0 bridgehead atoms. The second kappa shape index (κ2) is 10.5. The van der Waals surface area contributed by atoms with Crippen molar-refractivity contribution in [2.45, 2.75) is 58.7 Å². The van der Waals surface area contributed by atoms with Crippen molar-refractivity contribution in [1.29, 1.82) is 0 Å². The van der Waals surface area contributed by atoms with Gasteiger partial charge in [-0.2, -0.15) is 0 Å². The topological polar surface area (TPSA) is 49.4 Å². The van der Waals surface area contributed by atoms with Crippen LogP contribution in [0.25, 0.3) is 0 Å². The van der Waals surface area contributed by atoms with E-state index in [9.17, 15) is 9.59 Å². The number of hydrogen-bond acceptors (Lipinski definition) is 2. The van der Waals surface area contributed by atoms with Crippen LogP contribution >= 0.6 is 34.8 Å². The minimum Gasteiger partial charge on any atom is -0.350 e. The van der Waals surface area contributed by atoms with Crippen LogP contribution in [0.4, 0.5) is 0 Å². The molecular weight excluding hydrogens is 443 g/mol. The third-order valence-electron chi connectivity index (χ3n) is 4.54. The van der Waals surface area contributed by atoms with Gasteiger partial charge in [0.1, 0.15) is 6.04 Å². The van der Waals surface area contributed by atoms with Crippen molar-refractivity contribution < 1.29 is 9.59 Å². The molecule has 2 aromatic rings. The zero-order chi connectivity index (χ0) is 22.5. The molecule has 7 heteroatoms. The van der Waals surface area contributed by atoms with E-state index < -0.39 is 11.6 Å². The number of nitrogens with zero attached hydrogens (tertiary/aromatic N) is 1. The molecule has 0 aliphatic rings. The third kappa shape index (κ3) is 6.90. The Hall–Kier alpha value is -1.75. The minimum absolute atomic E-state index is 0.00535. The number of halogens is 3. The summed E-state index contributed by atoms with van der Waals surface area (Å²) in [5, 5.41) is 4.44. The molecule has 162 valence electrons. The van der Waals surface area contributed by atoms with Gasteiger partial charge in [0.15, 0.2) is 0 Å².